The molecule has 3 N–H and O–H groups in total. The molecule has 0 fully saturated rings. The van der Waals surface area contributed by atoms with Gasteiger partial charge in [-0.2, -0.15) is 18.3 Å². The molecule has 0 aliphatic carbocycles. The third-order valence-corrected chi connectivity index (χ3v) is 3.72. The molecule has 0 saturated heterocycles. The first-order valence-corrected chi connectivity index (χ1v) is 7.38. The molecule has 8 heteroatoms. The van der Waals surface area contributed by atoms with Crippen LogP contribution in [0.1, 0.15) is 23.0 Å². The molecule has 1 unspecified atom stereocenters. The third-order valence-electron chi connectivity index (χ3n) is 3.72. The highest BCUT2D eigenvalue weighted by molar-refractivity contribution is 5.55. The van der Waals surface area contributed by atoms with Gasteiger partial charge in [-0.05, 0) is 29.8 Å². The first-order chi connectivity index (χ1) is 11.9. The van der Waals surface area contributed by atoms with E-state index < -0.39 is 17.8 Å². The molecule has 3 rings (SSSR count). The second-order valence-electron chi connectivity index (χ2n) is 5.37. The Balaban J connectivity index is 1.84. The Kier molecular flexibility index (Phi) is 4.45. The Hall–Kier alpha value is -2.87. The van der Waals surface area contributed by atoms with Gasteiger partial charge >= 0.3 is 6.18 Å². The van der Waals surface area contributed by atoms with Gasteiger partial charge in [0.15, 0.2) is 5.82 Å². The molecule has 0 amide bonds. The maximum Gasteiger partial charge on any atom is 0.416 e. The molecule has 1 aromatic heterocycles. The molecule has 130 valence electrons. The maximum atomic E-state index is 12.6. The van der Waals surface area contributed by atoms with E-state index in [9.17, 15) is 13.2 Å². The first-order valence-electron chi connectivity index (χ1n) is 7.38. The van der Waals surface area contributed by atoms with Crippen molar-refractivity contribution >= 4 is 0 Å². The van der Waals surface area contributed by atoms with Gasteiger partial charge < -0.3 is 10.5 Å². The third kappa shape index (κ3) is 3.63. The Morgan fingerprint density at radius 1 is 1.12 bits per heavy atom. The standard InChI is InChI=1S/C17H15F3N4O/c1-25-13-4-2-3-11(9-13)14(21)16-22-15(23-24-16)10-5-7-12(8-6-10)17(18,19)20/h2-9,14H,21H2,1H3,(H,22,23,24). The molecular formula is C17H15F3N4O. The van der Waals surface area contributed by atoms with Gasteiger partial charge in [0.2, 0.25) is 0 Å². The second-order valence-corrected chi connectivity index (χ2v) is 5.37. The summed E-state index contributed by atoms with van der Waals surface area (Å²) in [6.45, 7) is 0. The minimum Gasteiger partial charge on any atom is -0.497 e. The van der Waals surface area contributed by atoms with Crippen molar-refractivity contribution in [3.8, 4) is 17.1 Å². The topological polar surface area (TPSA) is 76.8 Å². The summed E-state index contributed by atoms with van der Waals surface area (Å²) in [4.78, 5) is 4.29. The largest absolute Gasteiger partial charge is 0.497 e. The van der Waals surface area contributed by atoms with Crippen molar-refractivity contribution in [3.63, 3.8) is 0 Å². The van der Waals surface area contributed by atoms with E-state index in [4.69, 9.17) is 10.5 Å². The van der Waals surface area contributed by atoms with Crippen LogP contribution in [0.5, 0.6) is 5.75 Å². The lowest BCUT2D eigenvalue weighted by Gasteiger charge is -2.10. The number of ether oxygens (including phenoxy) is 1. The van der Waals surface area contributed by atoms with Crippen molar-refractivity contribution in [2.45, 2.75) is 12.2 Å². The van der Waals surface area contributed by atoms with Crippen LogP contribution >= 0.6 is 0 Å². The molecule has 1 atom stereocenters. The van der Waals surface area contributed by atoms with Crippen molar-refractivity contribution < 1.29 is 17.9 Å². The summed E-state index contributed by atoms with van der Waals surface area (Å²) >= 11 is 0. The van der Waals surface area contributed by atoms with E-state index in [0.29, 0.717) is 17.1 Å². The van der Waals surface area contributed by atoms with Gasteiger partial charge in [-0.1, -0.05) is 24.3 Å². The van der Waals surface area contributed by atoms with E-state index in [1.165, 1.54) is 12.1 Å². The van der Waals surface area contributed by atoms with Gasteiger partial charge in [0.05, 0.1) is 18.7 Å². The lowest BCUT2D eigenvalue weighted by atomic mass is 10.1. The highest BCUT2D eigenvalue weighted by Crippen LogP contribution is 2.30. The van der Waals surface area contributed by atoms with Crippen LogP contribution in [0.25, 0.3) is 11.4 Å². The Labute approximate surface area is 141 Å². The molecule has 0 aliphatic heterocycles. The first kappa shape index (κ1) is 17.0. The number of nitrogens with zero attached hydrogens (tertiary/aromatic N) is 2. The highest BCUT2D eigenvalue weighted by Gasteiger charge is 2.30. The van der Waals surface area contributed by atoms with Crippen LogP contribution in [0, 0.1) is 0 Å². The molecule has 5 nitrogen and oxygen atoms in total. The van der Waals surface area contributed by atoms with Crippen LogP contribution in [-0.2, 0) is 6.18 Å². The number of rotatable bonds is 4. The number of H-pyrrole nitrogens is 1. The Morgan fingerprint density at radius 3 is 2.48 bits per heavy atom. The van der Waals surface area contributed by atoms with E-state index in [2.05, 4.69) is 15.2 Å². The Bertz CT molecular complexity index is 859. The summed E-state index contributed by atoms with van der Waals surface area (Å²) in [7, 11) is 1.56. The molecule has 0 spiro atoms. The molecule has 0 aliphatic rings. The van der Waals surface area contributed by atoms with Gasteiger partial charge in [-0.25, -0.2) is 4.98 Å². The molecule has 0 bridgehead atoms. The molecule has 0 saturated carbocycles. The highest BCUT2D eigenvalue weighted by atomic mass is 19.4. The number of benzene rings is 2. The van der Waals surface area contributed by atoms with Crippen LogP contribution in [0.2, 0.25) is 0 Å². The van der Waals surface area contributed by atoms with Gasteiger partial charge in [0.25, 0.3) is 0 Å². The molecule has 1 heterocycles. The number of hydrogen-bond acceptors (Lipinski definition) is 4. The van der Waals surface area contributed by atoms with Gasteiger partial charge in [-0.15, -0.1) is 0 Å². The molecular weight excluding hydrogens is 333 g/mol. The zero-order chi connectivity index (χ0) is 18.0. The number of nitrogens with one attached hydrogen (secondary N) is 1. The zero-order valence-electron chi connectivity index (χ0n) is 13.2. The molecule has 2 aromatic carbocycles. The van der Waals surface area contributed by atoms with Crippen LogP contribution in [0.15, 0.2) is 48.5 Å². The Morgan fingerprint density at radius 2 is 1.84 bits per heavy atom. The lowest BCUT2D eigenvalue weighted by Crippen LogP contribution is -2.13. The minimum atomic E-state index is -4.38. The fourth-order valence-electron chi connectivity index (χ4n) is 2.34. The SMILES string of the molecule is COc1cccc(C(N)c2nc(-c3ccc(C(F)(F)F)cc3)n[nH]2)c1. The van der Waals surface area contributed by atoms with Crippen LogP contribution in [0.4, 0.5) is 13.2 Å². The van der Waals surface area contributed by atoms with Crippen LogP contribution < -0.4 is 10.5 Å². The predicted molar refractivity (Wildman–Crippen MR) is 85.8 cm³/mol. The second kappa shape index (κ2) is 6.56. The zero-order valence-corrected chi connectivity index (χ0v) is 13.2. The fourth-order valence-corrected chi connectivity index (χ4v) is 2.34. The molecule has 0 radical (unpaired) electrons. The predicted octanol–water partition coefficient (Wildman–Crippen LogP) is 3.55. The average Bonchev–Trinajstić information content (AvgIpc) is 3.10. The normalized spacial score (nSPS) is 12.8. The van der Waals surface area contributed by atoms with E-state index in [1.807, 2.05) is 6.07 Å². The lowest BCUT2D eigenvalue weighted by molar-refractivity contribution is -0.137. The summed E-state index contributed by atoms with van der Waals surface area (Å²) in [6.07, 6.45) is -4.38. The quantitative estimate of drug-likeness (QED) is 0.756. The number of aromatic amines is 1. The summed E-state index contributed by atoms with van der Waals surface area (Å²) in [5.41, 5.74) is 6.69. The number of nitrogens with two attached hydrogens (primary N) is 1. The van der Waals surface area contributed by atoms with E-state index in [1.54, 1.807) is 25.3 Å². The summed E-state index contributed by atoms with van der Waals surface area (Å²) in [5.74, 6) is 1.35. The number of alkyl halides is 3. The summed E-state index contributed by atoms with van der Waals surface area (Å²) in [5, 5.41) is 6.77. The van der Waals surface area contributed by atoms with Crippen LogP contribution in [0.3, 0.4) is 0 Å². The number of methoxy groups -OCH3 is 1. The van der Waals surface area contributed by atoms with Gasteiger partial charge in [0, 0.05) is 5.56 Å². The average molecular weight is 348 g/mol. The van der Waals surface area contributed by atoms with E-state index in [0.717, 1.165) is 17.7 Å². The van der Waals surface area contributed by atoms with Gasteiger partial charge in [-0.3, -0.25) is 5.10 Å². The molecule has 3 aromatic rings. The number of hydrogen-bond donors (Lipinski definition) is 2. The van der Waals surface area contributed by atoms with E-state index in [-0.39, 0.29) is 5.82 Å². The monoisotopic (exact) mass is 348 g/mol. The van der Waals surface area contributed by atoms with Crippen LogP contribution in [-0.4, -0.2) is 22.3 Å². The van der Waals surface area contributed by atoms with Crippen molar-refractivity contribution in [2.24, 2.45) is 5.73 Å². The van der Waals surface area contributed by atoms with Crippen molar-refractivity contribution in [1.82, 2.24) is 15.2 Å². The fraction of sp³-hybridized carbons (Fsp3) is 0.176. The number of aromatic nitrogens is 3. The van der Waals surface area contributed by atoms with E-state index >= 15 is 0 Å². The van der Waals surface area contributed by atoms with Crippen molar-refractivity contribution in [2.75, 3.05) is 7.11 Å². The minimum absolute atomic E-state index is 0.280. The van der Waals surface area contributed by atoms with Gasteiger partial charge in [0.1, 0.15) is 11.6 Å². The summed E-state index contributed by atoms with van der Waals surface area (Å²) in [6, 6.07) is 11.3. The smallest absolute Gasteiger partial charge is 0.416 e. The molecule has 25 heavy (non-hydrogen) atoms. The maximum absolute atomic E-state index is 12.6. The van der Waals surface area contributed by atoms with Crippen molar-refractivity contribution in [1.29, 1.82) is 0 Å². The number of halogens is 3. The van der Waals surface area contributed by atoms with Crippen molar-refractivity contribution in [3.05, 3.63) is 65.5 Å². The summed E-state index contributed by atoms with van der Waals surface area (Å²) < 4.78 is 43.0.